The van der Waals surface area contributed by atoms with Gasteiger partial charge in [0.05, 0.1) is 12.2 Å². The molecule has 144 valence electrons. The van der Waals surface area contributed by atoms with Gasteiger partial charge in [-0.25, -0.2) is 4.98 Å². The van der Waals surface area contributed by atoms with Gasteiger partial charge in [-0.15, -0.1) is 11.3 Å². The molecule has 0 aliphatic rings. The first-order valence-electron chi connectivity index (χ1n) is 9.02. The Balaban J connectivity index is 1.62. The third kappa shape index (κ3) is 5.04. The summed E-state index contributed by atoms with van der Waals surface area (Å²) in [7, 11) is 0. The minimum absolute atomic E-state index is 0.0960. The summed E-state index contributed by atoms with van der Waals surface area (Å²) in [4.78, 5) is 29.2. The summed E-state index contributed by atoms with van der Waals surface area (Å²) in [6.45, 7) is 5.89. The van der Waals surface area contributed by atoms with Crippen molar-refractivity contribution >= 4 is 28.8 Å². The summed E-state index contributed by atoms with van der Waals surface area (Å²) >= 11 is 1.51. The lowest BCUT2D eigenvalue weighted by molar-refractivity contribution is -0.123. The van der Waals surface area contributed by atoms with Crippen LogP contribution in [0, 0.1) is 5.41 Å². The van der Waals surface area contributed by atoms with Gasteiger partial charge in [-0.2, -0.15) is 0 Å². The van der Waals surface area contributed by atoms with Gasteiger partial charge in [0.1, 0.15) is 5.01 Å². The monoisotopic (exact) mass is 393 g/mol. The Bertz CT molecular complexity index is 975. The van der Waals surface area contributed by atoms with Gasteiger partial charge >= 0.3 is 0 Å². The molecule has 0 spiro atoms. The van der Waals surface area contributed by atoms with Crippen molar-refractivity contribution in [2.45, 2.75) is 27.3 Å². The minimum atomic E-state index is -0.500. The molecule has 0 saturated heterocycles. The molecule has 2 aromatic carbocycles. The molecule has 5 nitrogen and oxygen atoms in total. The number of nitrogens with zero attached hydrogens (tertiary/aromatic N) is 1. The van der Waals surface area contributed by atoms with Crippen LogP contribution in [-0.2, 0) is 11.3 Å². The van der Waals surface area contributed by atoms with Crippen molar-refractivity contribution in [2.24, 2.45) is 5.41 Å². The van der Waals surface area contributed by atoms with Crippen LogP contribution in [-0.4, -0.2) is 16.8 Å². The van der Waals surface area contributed by atoms with Crippen molar-refractivity contribution < 1.29 is 9.59 Å². The van der Waals surface area contributed by atoms with E-state index < -0.39 is 5.41 Å². The average Bonchev–Trinajstić information content (AvgIpc) is 3.15. The molecular weight excluding hydrogens is 370 g/mol. The van der Waals surface area contributed by atoms with Crippen LogP contribution >= 0.6 is 11.3 Å². The first kappa shape index (κ1) is 19.8. The largest absolute Gasteiger partial charge is 0.346 e. The number of benzene rings is 2. The Morgan fingerprint density at radius 2 is 1.79 bits per heavy atom. The van der Waals surface area contributed by atoms with Crippen molar-refractivity contribution in [1.29, 1.82) is 0 Å². The van der Waals surface area contributed by atoms with Crippen LogP contribution in [0.25, 0.3) is 11.3 Å². The van der Waals surface area contributed by atoms with Crippen LogP contribution in [0.15, 0.2) is 60.0 Å². The number of aromatic nitrogens is 1. The Morgan fingerprint density at radius 1 is 1.04 bits per heavy atom. The summed E-state index contributed by atoms with van der Waals surface area (Å²) in [6.07, 6.45) is 0. The fraction of sp³-hybridized carbons (Fsp3) is 0.227. The lowest BCUT2D eigenvalue weighted by Crippen LogP contribution is -2.28. The number of carbonyl (C=O) groups is 2. The van der Waals surface area contributed by atoms with E-state index in [2.05, 4.69) is 15.6 Å². The van der Waals surface area contributed by atoms with Crippen molar-refractivity contribution in [1.82, 2.24) is 10.3 Å². The molecule has 0 saturated carbocycles. The molecule has 0 atom stereocenters. The topological polar surface area (TPSA) is 71.1 Å². The van der Waals surface area contributed by atoms with E-state index in [1.807, 2.05) is 56.5 Å². The zero-order valence-electron chi connectivity index (χ0n) is 16.2. The molecular formula is C22H23N3O2S. The van der Waals surface area contributed by atoms with Gasteiger partial charge in [-0.3, -0.25) is 9.59 Å². The predicted octanol–water partition coefficient (Wildman–Crippen LogP) is 4.72. The number of nitrogens with one attached hydrogen (secondary N) is 2. The molecule has 1 heterocycles. The van der Waals surface area contributed by atoms with E-state index in [1.54, 1.807) is 24.3 Å². The van der Waals surface area contributed by atoms with E-state index in [0.717, 1.165) is 16.3 Å². The summed E-state index contributed by atoms with van der Waals surface area (Å²) in [5.74, 6) is -0.301. The number of rotatable bonds is 5. The molecule has 6 heteroatoms. The van der Waals surface area contributed by atoms with Crippen LogP contribution in [0.2, 0.25) is 0 Å². The van der Waals surface area contributed by atoms with E-state index in [4.69, 9.17) is 0 Å². The maximum atomic E-state index is 12.5. The van der Waals surface area contributed by atoms with Gasteiger partial charge in [-0.1, -0.05) is 57.2 Å². The number of hydrogen-bond donors (Lipinski definition) is 2. The number of thiazole rings is 1. The summed E-state index contributed by atoms with van der Waals surface area (Å²) in [5.41, 5.74) is 2.56. The molecule has 2 amide bonds. The average molecular weight is 394 g/mol. The third-order valence-corrected chi connectivity index (χ3v) is 4.93. The van der Waals surface area contributed by atoms with Crippen molar-refractivity contribution in [2.75, 3.05) is 5.32 Å². The SMILES string of the molecule is CC(C)(C)C(=O)Nc1cccc(C(=O)NCc2nc(-c3ccccc3)cs2)c1. The van der Waals surface area contributed by atoms with Gasteiger partial charge in [0, 0.05) is 27.6 Å². The highest BCUT2D eigenvalue weighted by molar-refractivity contribution is 7.09. The second kappa shape index (κ2) is 8.35. The molecule has 0 radical (unpaired) electrons. The van der Waals surface area contributed by atoms with Crippen LogP contribution in [0.5, 0.6) is 0 Å². The summed E-state index contributed by atoms with van der Waals surface area (Å²) < 4.78 is 0. The molecule has 1 aromatic heterocycles. The van der Waals surface area contributed by atoms with E-state index in [-0.39, 0.29) is 11.8 Å². The van der Waals surface area contributed by atoms with E-state index in [1.165, 1.54) is 11.3 Å². The molecule has 0 unspecified atom stereocenters. The maximum absolute atomic E-state index is 12.5. The maximum Gasteiger partial charge on any atom is 0.251 e. The van der Waals surface area contributed by atoms with Gasteiger partial charge in [0.25, 0.3) is 5.91 Å². The zero-order valence-corrected chi connectivity index (χ0v) is 17.0. The first-order valence-corrected chi connectivity index (χ1v) is 9.90. The smallest absolute Gasteiger partial charge is 0.251 e. The Morgan fingerprint density at radius 3 is 2.50 bits per heavy atom. The van der Waals surface area contributed by atoms with Gasteiger partial charge in [0.2, 0.25) is 5.91 Å². The highest BCUT2D eigenvalue weighted by atomic mass is 32.1. The quantitative estimate of drug-likeness (QED) is 0.659. The lowest BCUT2D eigenvalue weighted by atomic mass is 9.95. The van der Waals surface area contributed by atoms with Crippen LogP contribution in [0.3, 0.4) is 0 Å². The predicted molar refractivity (Wildman–Crippen MR) is 113 cm³/mol. The highest BCUT2D eigenvalue weighted by Gasteiger charge is 2.21. The summed E-state index contributed by atoms with van der Waals surface area (Å²) in [6, 6.07) is 16.9. The molecule has 3 rings (SSSR count). The van der Waals surface area contributed by atoms with E-state index in [0.29, 0.717) is 17.8 Å². The Labute approximate surface area is 168 Å². The zero-order chi connectivity index (χ0) is 20.1. The standard InChI is InChI=1S/C22H23N3O2S/c1-22(2,3)21(27)24-17-11-7-10-16(12-17)20(26)23-13-19-25-18(14-28-19)15-8-5-4-6-9-15/h4-12,14H,13H2,1-3H3,(H,23,26)(H,24,27). The Kier molecular flexibility index (Phi) is 5.90. The minimum Gasteiger partial charge on any atom is -0.346 e. The molecule has 2 N–H and O–H groups in total. The fourth-order valence-electron chi connectivity index (χ4n) is 2.45. The van der Waals surface area contributed by atoms with Crippen molar-refractivity contribution in [3.05, 3.63) is 70.5 Å². The first-order chi connectivity index (χ1) is 13.3. The molecule has 0 aliphatic carbocycles. The second-order valence-electron chi connectivity index (χ2n) is 7.46. The normalized spacial score (nSPS) is 11.1. The molecule has 0 bridgehead atoms. The molecule has 0 fully saturated rings. The van der Waals surface area contributed by atoms with Gasteiger partial charge in [0.15, 0.2) is 0 Å². The molecule has 28 heavy (non-hydrogen) atoms. The number of amides is 2. The highest BCUT2D eigenvalue weighted by Crippen LogP contribution is 2.22. The fourth-order valence-corrected chi connectivity index (χ4v) is 3.19. The number of carbonyl (C=O) groups excluding carboxylic acids is 2. The number of hydrogen-bond acceptors (Lipinski definition) is 4. The van der Waals surface area contributed by atoms with Crippen LogP contribution in [0.4, 0.5) is 5.69 Å². The van der Waals surface area contributed by atoms with Gasteiger partial charge < -0.3 is 10.6 Å². The van der Waals surface area contributed by atoms with Crippen LogP contribution < -0.4 is 10.6 Å². The van der Waals surface area contributed by atoms with E-state index in [9.17, 15) is 9.59 Å². The van der Waals surface area contributed by atoms with Crippen molar-refractivity contribution in [3.63, 3.8) is 0 Å². The van der Waals surface area contributed by atoms with Gasteiger partial charge in [-0.05, 0) is 18.2 Å². The third-order valence-electron chi connectivity index (χ3n) is 4.09. The molecule has 0 aliphatic heterocycles. The molecule has 3 aromatic rings. The Hall–Kier alpha value is -2.99. The summed E-state index contributed by atoms with van der Waals surface area (Å²) in [5, 5.41) is 8.55. The van der Waals surface area contributed by atoms with E-state index >= 15 is 0 Å². The van der Waals surface area contributed by atoms with Crippen LogP contribution in [0.1, 0.15) is 36.1 Å². The lowest BCUT2D eigenvalue weighted by Gasteiger charge is -2.17. The number of anilines is 1. The second-order valence-corrected chi connectivity index (χ2v) is 8.40. The van der Waals surface area contributed by atoms with Crippen molar-refractivity contribution in [3.8, 4) is 11.3 Å².